The van der Waals surface area contributed by atoms with Crippen molar-refractivity contribution in [2.75, 3.05) is 9.80 Å². The zero-order valence-electron chi connectivity index (χ0n) is 24.1. The predicted molar refractivity (Wildman–Crippen MR) is 166 cm³/mol. The molecule has 40 heavy (non-hydrogen) atoms. The Kier molecular flexibility index (Phi) is 9.91. The van der Waals surface area contributed by atoms with Gasteiger partial charge in [0.1, 0.15) is 0 Å². The number of hydrogen-bond donors (Lipinski definition) is 0. The van der Waals surface area contributed by atoms with E-state index in [2.05, 4.69) is 12.1 Å². The maximum absolute atomic E-state index is 13.9. The van der Waals surface area contributed by atoms with Crippen LogP contribution in [0, 0.1) is 25.7 Å². The van der Waals surface area contributed by atoms with Gasteiger partial charge in [-0.05, 0) is 99.2 Å². The first-order chi connectivity index (χ1) is 19.5. The van der Waals surface area contributed by atoms with Gasteiger partial charge < -0.3 is 0 Å². The molecular formula is C36H40N2O2. The number of para-hydroxylation sites is 2. The quantitative estimate of drug-likeness (QED) is 0.248. The topological polar surface area (TPSA) is 40.6 Å². The van der Waals surface area contributed by atoms with Crippen LogP contribution in [0.3, 0.4) is 0 Å². The summed E-state index contributed by atoms with van der Waals surface area (Å²) in [6, 6.07) is 35.9. The lowest BCUT2D eigenvalue weighted by Gasteiger charge is -2.34. The van der Waals surface area contributed by atoms with Gasteiger partial charge in [0.25, 0.3) is 0 Å². The molecule has 2 amide bonds. The molecule has 0 radical (unpaired) electrons. The minimum atomic E-state index is -0.121. The van der Waals surface area contributed by atoms with Crippen molar-refractivity contribution in [1.82, 2.24) is 0 Å². The molecule has 4 nitrogen and oxygen atoms in total. The zero-order valence-corrected chi connectivity index (χ0v) is 24.1. The summed E-state index contributed by atoms with van der Waals surface area (Å²) in [4.78, 5) is 31.6. The first kappa shape index (κ1) is 28.8. The van der Waals surface area contributed by atoms with Gasteiger partial charge in [-0.25, -0.2) is 0 Å². The molecule has 206 valence electrons. The highest BCUT2D eigenvalue weighted by Crippen LogP contribution is 2.37. The van der Waals surface area contributed by atoms with Crippen molar-refractivity contribution in [2.24, 2.45) is 11.8 Å². The van der Waals surface area contributed by atoms with E-state index in [0.717, 1.165) is 33.9 Å². The fourth-order valence-electron chi connectivity index (χ4n) is 5.45. The Morgan fingerprint density at radius 3 is 1.15 bits per heavy atom. The third-order valence-corrected chi connectivity index (χ3v) is 7.41. The molecule has 4 heteroatoms. The van der Waals surface area contributed by atoms with Crippen LogP contribution < -0.4 is 9.80 Å². The third-order valence-electron chi connectivity index (χ3n) is 7.41. The summed E-state index contributed by atoms with van der Waals surface area (Å²) in [6.07, 6.45) is 2.78. The Labute approximate surface area is 239 Å². The van der Waals surface area contributed by atoms with Crippen molar-refractivity contribution in [1.29, 1.82) is 0 Å². The molecule has 0 N–H and O–H groups in total. The molecular weight excluding hydrogens is 492 g/mol. The van der Waals surface area contributed by atoms with E-state index in [1.165, 1.54) is 0 Å². The SMILES string of the molecule is CC.Cc1cccc(N(C(=O)C2CCC(C(=O)N(c3ccccc3)c3cccc(C)c3)CC2)c2ccccc2)c1. The molecule has 0 heterocycles. The van der Waals surface area contributed by atoms with Gasteiger partial charge in [0.15, 0.2) is 0 Å². The Morgan fingerprint density at radius 2 is 0.825 bits per heavy atom. The fraction of sp³-hybridized carbons (Fsp3) is 0.278. The Morgan fingerprint density at radius 1 is 0.500 bits per heavy atom. The van der Waals surface area contributed by atoms with E-state index in [0.29, 0.717) is 25.7 Å². The monoisotopic (exact) mass is 532 g/mol. The molecule has 0 unspecified atom stereocenters. The average molecular weight is 533 g/mol. The minimum Gasteiger partial charge on any atom is -0.281 e. The standard InChI is InChI=1S/C34H34N2O2.C2H6/c1-25-11-9-17-31(23-25)35(29-13-5-3-6-14-29)33(37)27-19-21-28(22-20-27)34(38)36(30-15-7-4-8-16-30)32-18-10-12-26(2)24-32;1-2/h3-18,23-24,27-28H,19-22H2,1-2H3;1-2H3. The van der Waals surface area contributed by atoms with Crippen molar-refractivity contribution in [2.45, 2.75) is 53.4 Å². The number of carbonyl (C=O) groups is 2. The average Bonchev–Trinajstić information content (AvgIpc) is 3.00. The lowest BCUT2D eigenvalue weighted by molar-refractivity contribution is -0.127. The van der Waals surface area contributed by atoms with Gasteiger partial charge in [0, 0.05) is 34.6 Å². The number of anilines is 4. The van der Waals surface area contributed by atoms with Crippen LogP contribution >= 0.6 is 0 Å². The van der Waals surface area contributed by atoms with Gasteiger partial charge in [0.05, 0.1) is 0 Å². The lowest BCUT2D eigenvalue weighted by atomic mass is 9.80. The molecule has 1 aliphatic carbocycles. The summed E-state index contributed by atoms with van der Waals surface area (Å²) in [5, 5.41) is 0. The second-order valence-electron chi connectivity index (χ2n) is 10.2. The largest absolute Gasteiger partial charge is 0.281 e. The molecule has 0 bridgehead atoms. The molecule has 0 saturated heterocycles. The molecule has 0 spiro atoms. The van der Waals surface area contributed by atoms with Crippen LogP contribution in [-0.2, 0) is 9.59 Å². The number of carbonyl (C=O) groups excluding carboxylic acids is 2. The van der Waals surface area contributed by atoms with Crippen LogP contribution in [0.15, 0.2) is 109 Å². The van der Waals surface area contributed by atoms with Gasteiger partial charge in [-0.1, -0.05) is 74.5 Å². The van der Waals surface area contributed by atoms with E-state index in [4.69, 9.17) is 0 Å². The summed E-state index contributed by atoms with van der Waals surface area (Å²) in [5.41, 5.74) is 5.74. The summed E-state index contributed by atoms with van der Waals surface area (Å²) < 4.78 is 0. The molecule has 1 fully saturated rings. The first-order valence-electron chi connectivity index (χ1n) is 14.4. The maximum Gasteiger partial charge on any atom is 0.234 e. The van der Waals surface area contributed by atoms with Gasteiger partial charge in [0.2, 0.25) is 11.8 Å². The Hall–Kier alpha value is -4.18. The summed E-state index contributed by atoms with van der Waals surface area (Å²) in [7, 11) is 0. The van der Waals surface area contributed by atoms with E-state index < -0.39 is 0 Å². The minimum absolute atomic E-state index is 0.103. The highest BCUT2D eigenvalue weighted by Gasteiger charge is 2.35. The van der Waals surface area contributed by atoms with Gasteiger partial charge in [-0.15, -0.1) is 0 Å². The van der Waals surface area contributed by atoms with Crippen molar-refractivity contribution >= 4 is 34.6 Å². The van der Waals surface area contributed by atoms with E-state index >= 15 is 0 Å². The Bertz CT molecular complexity index is 1280. The normalized spacial score (nSPS) is 16.3. The van der Waals surface area contributed by atoms with E-state index in [1.54, 1.807) is 0 Å². The second kappa shape index (κ2) is 13.7. The number of nitrogens with zero attached hydrogens (tertiary/aromatic N) is 2. The van der Waals surface area contributed by atoms with Gasteiger partial charge in [-0.2, -0.15) is 0 Å². The van der Waals surface area contributed by atoms with Crippen LogP contribution in [0.25, 0.3) is 0 Å². The van der Waals surface area contributed by atoms with Crippen LogP contribution in [0.5, 0.6) is 0 Å². The van der Waals surface area contributed by atoms with Gasteiger partial charge >= 0.3 is 0 Å². The van der Waals surface area contributed by atoms with Crippen molar-refractivity contribution in [3.63, 3.8) is 0 Å². The van der Waals surface area contributed by atoms with Crippen LogP contribution in [0.4, 0.5) is 22.7 Å². The Balaban J connectivity index is 0.00000181. The fourth-order valence-corrected chi connectivity index (χ4v) is 5.45. The lowest BCUT2D eigenvalue weighted by Crippen LogP contribution is -2.38. The predicted octanol–water partition coefficient (Wildman–Crippen LogP) is 9.17. The number of hydrogen-bond acceptors (Lipinski definition) is 2. The second-order valence-corrected chi connectivity index (χ2v) is 10.2. The highest BCUT2D eigenvalue weighted by atomic mass is 16.2. The van der Waals surface area contributed by atoms with Crippen molar-refractivity contribution in [3.8, 4) is 0 Å². The zero-order chi connectivity index (χ0) is 28.5. The molecule has 5 rings (SSSR count). The van der Waals surface area contributed by atoms with E-state index in [1.807, 2.05) is 135 Å². The van der Waals surface area contributed by atoms with Crippen molar-refractivity contribution in [3.05, 3.63) is 120 Å². The van der Waals surface area contributed by atoms with Gasteiger partial charge in [-0.3, -0.25) is 19.4 Å². The molecule has 1 aliphatic rings. The summed E-state index contributed by atoms with van der Waals surface area (Å²) >= 11 is 0. The smallest absolute Gasteiger partial charge is 0.234 e. The maximum atomic E-state index is 13.9. The number of amides is 2. The molecule has 1 saturated carbocycles. The third kappa shape index (κ3) is 6.69. The van der Waals surface area contributed by atoms with Crippen LogP contribution in [0.2, 0.25) is 0 Å². The molecule has 0 aromatic heterocycles. The first-order valence-corrected chi connectivity index (χ1v) is 14.4. The number of benzene rings is 4. The molecule has 4 aromatic carbocycles. The summed E-state index contributed by atoms with van der Waals surface area (Å²) in [5.74, 6) is -0.0366. The molecule has 0 atom stereocenters. The van der Waals surface area contributed by atoms with Crippen molar-refractivity contribution < 1.29 is 9.59 Å². The summed E-state index contributed by atoms with van der Waals surface area (Å²) in [6.45, 7) is 8.08. The number of rotatable bonds is 6. The van der Waals surface area contributed by atoms with Crippen LogP contribution in [0.1, 0.15) is 50.7 Å². The molecule has 0 aliphatic heterocycles. The van der Waals surface area contributed by atoms with E-state index in [-0.39, 0.29) is 23.7 Å². The van der Waals surface area contributed by atoms with E-state index in [9.17, 15) is 9.59 Å². The highest BCUT2D eigenvalue weighted by molar-refractivity contribution is 6.03. The number of aryl methyl sites for hydroxylation is 2. The van der Waals surface area contributed by atoms with Crippen LogP contribution in [-0.4, -0.2) is 11.8 Å². The molecule has 4 aromatic rings.